The van der Waals surface area contributed by atoms with E-state index in [1.807, 2.05) is 0 Å². The Hall–Kier alpha value is -1.64. The molecule has 0 amide bonds. The number of pyridine rings is 1. The van der Waals surface area contributed by atoms with Gasteiger partial charge >= 0.3 is 5.97 Å². The number of carbonyl (C=O) groups is 1. The molecule has 2 rings (SSSR count). The van der Waals surface area contributed by atoms with Crippen molar-refractivity contribution in [3.05, 3.63) is 41.7 Å². The van der Waals surface area contributed by atoms with E-state index in [9.17, 15) is 4.79 Å². The molecule has 21 heavy (non-hydrogen) atoms. The van der Waals surface area contributed by atoms with E-state index in [1.54, 1.807) is 24.4 Å². The zero-order chi connectivity index (χ0) is 15.3. The molecule has 0 bridgehead atoms. The molecular weight excluding hydrogens is 262 g/mol. The van der Waals surface area contributed by atoms with Gasteiger partial charge in [0.1, 0.15) is 12.3 Å². The lowest BCUT2D eigenvalue weighted by Crippen LogP contribution is -2.23. The van der Waals surface area contributed by atoms with Crippen LogP contribution in [-0.4, -0.2) is 17.6 Å². The van der Waals surface area contributed by atoms with Gasteiger partial charge in [-0.1, -0.05) is 32.4 Å². The van der Waals surface area contributed by atoms with Crippen molar-refractivity contribution in [2.45, 2.75) is 46.5 Å². The van der Waals surface area contributed by atoms with Crippen LogP contribution in [0.1, 0.15) is 56.9 Å². The van der Waals surface area contributed by atoms with Gasteiger partial charge in [-0.15, -0.1) is 0 Å². The molecule has 0 radical (unpaired) electrons. The number of nitrogens with zero attached hydrogens (tertiary/aromatic N) is 1. The molecule has 0 atom stereocenters. The van der Waals surface area contributed by atoms with Crippen LogP contribution < -0.4 is 0 Å². The number of carbonyl (C=O) groups excluding carboxylic acids is 1. The Morgan fingerprint density at radius 2 is 2.05 bits per heavy atom. The molecule has 1 heterocycles. The molecule has 0 N–H and O–H groups in total. The molecule has 0 spiro atoms. The average molecular weight is 287 g/mol. The van der Waals surface area contributed by atoms with Gasteiger partial charge in [-0.25, -0.2) is 9.78 Å². The first kappa shape index (κ1) is 15.7. The molecule has 1 aliphatic rings. The largest absolute Gasteiger partial charge is 0.457 e. The van der Waals surface area contributed by atoms with Gasteiger partial charge in [-0.2, -0.15) is 0 Å². The fourth-order valence-corrected chi connectivity index (χ4v) is 2.85. The highest BCUT2D eigenvalue weighted by atomic mass is 16.5. The van der Waals surface area contributed by atoms with Crippen LogP contribution in [0.25, 0.3) is 0 Å². The zero-order valence-electron chi connectivity index (χ0n) is 13.3. The lowest BCUT2D eigenvalue weighted by atomic mass is 9.71. The third-order valence-electron chi connectivity index (χ3n) is 4.31. The maximum Gasteiger partial charge on any atom is 0.357 e. The van der Waals surface area contributed by atoms with Gasteiger partial charge in [0.25, 0.3) is 0 Å². The smallest absolute Gasteiger partial charge is 0.357 e. The van der Waals surface area contributed by atoms with E-state index in [2.05, 4.69) is 31.8 Å². The molecule has 3 nitrogen and oxygen atoms in total. The summed E-state index contributed by atoms with van der Waals surface area (Å²) in [7, 11) is 0. The Bertz CT molecular complexity index is 490. The van der Waals surface area contributed by atoms with Crippen molar-refractivity contribution < 1.29 is 9.53 Å². The second-order valence-electron chi connectivity index (χ2n) is 6.82. The van der Waals surface area contributed by atoms with Gasteiger partial charge in [-0.05, 0) is 55.2 Å². The van der Waals surface area contributed by atoms with Gasteiger partial charge in [0.15, 0.2) is 0 Å². The molecule has 114 valence electrons. The van der Waals surface area contributed by atoms with Crippen molar-refractivity contribution in [2.24, 2.45) is 11.3 Å². The van der Waals surface area contributed by atoms with Crippen LogP contribution in [-0.2, 0) is 4.74 Å². The van der Waals surface area contributed by atoms with E-state index in [1.165, 1.54) is 18.4 Å². The van der Waals surface area contributed by atoms with Crippen LogP contribution in [0.3, 0.4) is 0 Å². The van der Waals surface area contributed by atoms with Gasteiger partial charge in [0.05, 0.1) is 0 Å². The molecule has 1 aromatic heterocycles. The van der Waals surface area contributed by atoms with Crippen LogP contribution >= 0.6 is 0 Å². The van der Waals surface area contributed by atoms with Crippen molar-refractivity contribution >= 4 is 5.97 Å². The van der Waals surface area contributed by atoms with Crippen molar-refractivity contribution in [2.75, 3.05) is 6.61 Å². The molecule has 3 heteroatoms. The Kier molecular flexibility index (Phi) is 5.16. The number of hydrogen-bond donors (Lipinski definition) is 0. The minimum atomic E-state index is -0.351. The van der Waals surface area contributed by atoms with Crippen molar-refractivity contribution in [3.8, 4) is 0 Å². The Morgan fingerprint density at radius 3 is 2.62 bits per heavy atom. The Morgan fingerprint density at radius 1 is 1.33 bits per heavy atom. The number of ether oxygens (including phenoxy) is 1. The van der Waals surface area contributed by atoms with Gasteiger partial charge in [-0.3, -0.25) is 0 Å². The molecule has 0 aliphatic heterocycles. The predicted octanol–water partition coefficient (Wildman–Crippen LogP) is 4.40. The van der Waals surface area contributed by atoms with Crippen LogP contribution in [0.5, 0.6) is 0 Å². The van der Waals surface area contributed by atoms with E-state index in [4.69, 9.17) is 4.74 Å². The lowest BCUT2D eigenvalue weighted by Gasteiger charge is -2.34. The monoisotopic (exact) mass is 287 g/mol. The molecule has 1 saturated carbocycles. The molecule has 0 unspecified atom stereocenters. The summed E-state index contributed by atoms with van der Waals surface area (Å²) >= 11 is 0. The summed E-state index contributed by atoms with van der Waals surface area (Å²) in [5.41, 5.74) is 2.19. The van der Waals surface area contributed by atoms with Crippen molar-refractivity contribution in [3.63, 3.8) is 0 Å². The second-order valence-corrected chi connectivity index (χ2v) is 6.82. The van der Waals surface area contributed by atoms with Crippen LogP contribution in [0, 0.1) is 11.3 Å². The molecule has 1 fully saturated rings. The molecule has 0 saturated heterocycles. The van der Waals surface area contributed by atoms with E-state index < -0.39 is 0 Å². The quantitative estimate of drug-likeness (QED) is 0.611. The third kappa shape index (κ3) is 4.69. The first-order chi connectivity index (χ1) is 9.97. The van der Waals surface area contributed by atoms with E-state index in [0.29, 0.717) is 17.7 Å². The number of esters is 1. The van der Waals surface area contributed by atoms with Crippen LogP contribution in [0.2, 0.25) is 0 Å². The molecule has 1 aliphatic carbocycles. The highest BCUT2D eigenvalue weighted by molar-refractivity contribution is 5.87. The van der Waals surface area contributed by atoms with E-state index in [-0.39, 0.29) is 5.97 Å². The fourth-order valence-electron chi connectivity index (χ4n) is 2.85. The maximum absolute atomic E-state index is 11.8. The summed E-state index contributed by atoms with van der Waals surface area (Å²) < 4.78 is 5.25. The minimum Gasteiger partial charge on any atom is -0.457 e. The number of allylic oxidation sites excluding steroid dienone is 1. The van der Waals surface area contributed by atoms with Gasteiger partial charge in [0.2, 0.25) is 0 Å². The average Bonchev–Trinajstić information content (AvgIpc) is 2.47. The third-order valence-corrected chi connectivity index (χ3v) is 4.31. The highest BCUT2D eigenvalue weighted by Crippen LogP contribution is 2.39. The van der Waals surface area contributed by atoms with Gasteiger partial charge < -0.3 is 4.74 Å². The first-order valence-electron chi connectivity index (χ1n) is 7.73. The maximum atomic E-state index is 11.8. The zero-order valence-corrected chi connectivity index (χ0v) is 13.3. The normalized spacial score (nSPS) is 19.2. The lowest BCUT2D eigenvalue weighted by molar-refractivity contribution is 0.0541. The molecular formula is C18H25NO2. The summed E-state index contributed by atoms with van der Waals surface area (Å²) in [6.45, 7) is 7.31. The summed E-state index contributed by atoms with van der Waals surface area (Å²) in [6.07, 6.45) is 8.40. The summed E-state index contributed by atoms with van der Waals surface area (Å²) in [6, 6.07) is 5.24. The summed E-state index contributed by atoms with van der Waals surface area (Å²) in [5, 5.41) is 0. The minimum absolute atomic E-state index is 0.351. The summed E-state index contributed by atoms with van der Waals surface area (Å²) in [4.78, 5) is 15.7. The number of aromatic nitrogens is 1. The van der Waals surface area contributed by atoms with Gasteiger partial charge in [0, 0.05) is 6.20 Å². The van der Waals surface area contributed by atoms with Crippen LogP contribution in [0.15, 0.2) is 36.0 Å². The van der Waals surface area contributed by atoms with Crippen molar-refractivity contribution in [1.82, 2.24) is 4.98 Å². The Balaban J connectivity index is 1.78. The predicted molar refractivity (Wildman–Crippen MR) is 84.0 cm³/mol. The topological polar surface area (TPSA) is 39.2 Å². The highest BCUT2D eigenvalue weighted by Gasteiger charge is 2.27. The standard InChI is InChI=1S/C18H25NO2/c1-18(2,3)15-9-7-14(8-10-15)11-13-21-17(20)16-6-4-5-12-19-16/h4-6,11-12,15H,7-10,13H2,1-3H3. The van der Waals surface area contributed by atoms with Crippen LogP contribution in [0.4, 0.5) is 0 Å². The van der Waals surface area contributed by atoms with Crippen molar-refractivity contribution in [1.29, 1.82) is 0 Å². The Labute approximate surface area is 127 Å². The molecule has 0 aromatic carbocycles. The molecule has 1 aromatic rings. The van der Waals surface area contributed by atoms with E-state index in [0.717, 1.165) is 18.8 Å². The summed E-state index contributed by atoms with van der Waals surface area (Å²) in [5.74, 6) is 0.446. The SMILES string of the molecule is CC(C)(C)C1CCC(=CCOC(=O)c2ccccn2)CC1. The fraction of sp³-hybridized carbons (Fsp3) is 0.556. The number of rotatable bonds is 3. The second kappa shape index (κ2) is 6.88. The first-order valence-corrected chi connectivity index (χ1v) is 7.73. The number of hydrogen-bond acceptors (Lipinski definition) is 3. The van der Waals surface area contributed by atoms with E-state index >= 15 is 0 Å².